The van der Waals surface area contributed by atoms with Crippen LogP contribution >= 0.6 is 11.3 Å². The number of rotatable bonds is 5. The van der Waals surface area contributed by atoms with Crippen LogP contribution in [0.25, 0.3) is 10.2 Å². The number of aromatic nitrogens is 2. The van der Waals surface area contributed by atoms with E-state index < -0.39 is 0 Å². The maximum atomic E-state index is 5.54. The number of nitrogens with one attached hydrogen (secondary N) is 2. The number of hydrogen-bond donors (Lipinski definition) is 2. The number of hydrogen-bond acceptors (Lipinski definition) is 7. The van der Waals surface area contributed by atoms with Gasteiger partial charge < -0.3 is 15.4 Å². The lowest BCUT2D eigenvalue weighted by Gasteiger charge is -2.39. The molecule has 1 aliphatic heterocycles. The molecule has 6 nitrogen and oxygen atoms in total. The third-order valence-electron chi connectivity index (χ3n) is 7.19. The van der Waals surface area contributed by atoms with Crippen molar-refractivity contribution >= 4 is 39.0 Å². The summed E-state index contributed by atoms with van der Waals surface area (Å²) in [7, 11) is 0. The Hall–Kier alpha value is -2.22. The van der Waals surface area contributed by atoms with E-state index in [-0.39, 0.29) is 0 Å². The van der Waals surface area contributed by atoms with E-state index in [9.17, 15) is 0 Å². The van der Waals surface area contributed by atoms with E-state index in [1.165, 1.54) is 54.4 Å². The molecule has 2 aromatic heterocycles. The molecular weight excluding hydrogens is 418 g/mol. The highest BCUT2D eigenvalue weighted by atomic mass is 32.1. The lowest BCUT2D eigenvalue weighted by molar-refractivity contribution is 0.00791. The van der Waals surface area contributed by atoms with Gasteiger partial charge in [-0.3, -0.25) is 4.90 Å². The van der Waals surface area contributed by atoms with Crippen molar-refractivity contribution in [2.75, 3.05) is 36.9 Å². The van der Waals surface area contributed by atoms with Gasteiger partial charge in [0.05, 0.1) is 18.6 Å². The summed E-state index contributed by atoms with van der Waals surface area (Å²) in [6.07, 6.45) is 8.49. The number of thiophene rings is 1. The van der Waals surface area contributed by atoms with Crippen LogP contribution in [0.5, 0.6) is 0 Å². The van der Waals surface area contributed by atoms with Crippen LogP contribution < -0.4 is 10.6 Å². The van der Waals surface area contributed by atoms with Gasteiger partial charge in [0, 0.05) is 35.7 Å². The molecule has 0 spiro atoms. The summed E-state index contributed by atoms with van der Waals surface area (Å²) in [6, 6.07) is 11.4. The van der Waals surface area contributed by atoms with Gasteiger partial charge >= 0.3 is 0 Å². The van der Waals surface area contributed by atoms with Crippen molar-refractivity contribution in [3.8, 4) is 0 Å². The molecule has 0 amide bonds. The molecule has 2 aliphatic carbocycles. The van der Waals surface area contributed by atoms with Gasteiger partial charge in [-0.05, 0) is 62.6 Å². The third-order valence-corrected chi connectivity index (χ3v) is 8.38. The predicted octanol–water partition coefficient (Wildman–Crippen LogP) is 4.98. The molecule has 2 fully saturated rings. The van der Waals surface area contributed by atoms with Gasteiger partial charge in [0.25, 0.3) is 0 Å². The predicted molar refractivity (Wildman–Crippen MR) is 131 cm³/mol. The Morgan fingerprint density at radius 1 is 0.969 bits per heavy atom. The fraction of sp³-hybridized carbons (Fsp3) is 0.520. The van der Waals surface area contributed by atoms with Crippen molar-refractivity contribution in [2.45, 2.75) is 57.0 Å². The van der Waals surface area contributed by atoms with Crippen LogP contribution in [0.1, 0.15) is 42.5 Å². The normalized spacial score (nSPS) is 23.9. The highest BCUT2D eigenvalue weighted by molar-refractivity contribution is 7.19. The molecule has 32 heavy (non-hydrogen) atoms. The van der Waals surface area contributed by atoms with Crippen molar-refractivity contribution < 1.29 is 4.74 Å². The number of fused-ring (bicyclic) bond motifs is 3. The lowest BCUT2D eigenvalue weighted by Crippen LogP contribution is -2.46. The number of anilines is 3. The van der Waals surface area contributed by atoms with E-state index >= 15 is 0 Å². The molecule has 3 aromatic rings. The smallest absolute Gasteiger partial charge is 0.230 e. The van der Waals surface area contributed by atoms with Crippen LogP contribution in [0.3, 0.4) is 0 Å². The highest BCUT2D eigenvalue weighted by Crippen LogP contribution is 2.41. The molecule has 1 saturated carbocycles. The zero-order valence-electron chi connectivity index (χ0n) is 18.5. The number of nitrogens with zero attached hydrogens (tertiary/aromatic N) is 3. The largest absolute Gasteiger partial charge is 0.379 e. The molecular formula is C25H31N5OS. The molecule has 1 aromatic carbocycles. The molecule has 2 N–H and O–H groups in total. The van der Waals surface area contributed by atoms with Gasteiger partial charge in [-0.1, -0.05) is 18.2 Å². The molecule has 0 radical (unpaired) electrons. The first-order valence-corrected chi connectivity index (χ1v) is 12.9. The molecule has 7 heteroatoms. The Bertz CT molecular complexity index is 1070. The summed E-state index contributed by atoms with van der Waals surface area (Å²) in [5, 5.41) is 8.55. The Balaban J connectivity index is 1.23. The molecule has 6 rings (SSSR count). The zero-order valence-corrected chi connectivity index (χ0v) is 19.3. The Morgan fingerprint density at radius 2 is 1.78 bits per heavy atom. The summed E-state index contributed by atoms with van der Waals surface area (Å²) < 4.78 is 5.54. The molecule has 0 bridgehead atoms. The standard InChI is InChI=1S/C25H31N5OS/c1-2-5-17(6-3-1)27-25-28-23(22-20-7-4-8-21(20)32-24(22)29-25)26-18-9-11-19(12-10-18)30-13-15-31-16-14-30/h1-3,5-6,18-19H,4,7-16H2,(H2,26,27,28,29)/t18-,19-. The second kappa shape index (κ2) is 8.96. The molecule has 1 saturated heterocycles. The number of para-hydroxylation sites is 1. The van der Waals surface area contributed by atoms with Gasteiger partial charge in [-0.15, -0.1) is 11.3 Å². The van der Waals surface area contributed by atoms with Crippen LogP contribution in [0.15, 0.2) is 30.3 Å². The summed E-state index contributed by atoms with van der Waals surface area (Å²) in [5.74, 6) is 1.72. The van der Waals surface area contributed by atoms with Crippen LogP contribution in [-0.4, -0.2) is 53.3 Å². The maximum Gasteiger partial charge on any atom is 0.230 e. The van der Waals surface area contributed by atoms with E-state index in [0.717, 1.165) is 49.1 Å². The first-order chi connectivity index (χ1) is 15.8. The summed E-state index contributed by atoms with van der Waals surface area (Å²) in [5.41, 5.74) is 2.51. The highest BCUT2D eigenvalue weighted by Gasteiger charge is 2.29. The summed E-state index contributed by atoms with van der Waals surface area (Å²) >= 11 is 1.86. The van der Waals surface area contributed by atoms with Gasteiger partial charge in [0.2, 0.25) is 5.95 Å². The fourth-order valence-corrected chi connectivity index (χ4v) is 6.79. The van der Waals surface area contributed by atoms with Crippen LogP contribution in [0, 0.1) is 0 Å². The summed E-state index contributed by atoms with van der Waals surface area (Å²) in [6.45, 7) is 3.95. The van der Waals surface area contributed by atoms with Crippen molar-refractivity contribution in [2.24, 2.45) is 0 Å². The van der Waals surface area contributed by atoms with Gasteiger partial charge in [-0.2, -0.15) is 4.98 Å². The van der Waals surface area contributed by atoms with E-state index in [2.05, 4.69) is 27.7 Å². The fourth-order valence-electron chi connectivity index (χ4n) is 5.53. The average molecular weight is 450 g/mol. The van der Waals surface area contributed by atoms with Crippen molar-refractivity contribution in [3.05, 3.63) is 40.8 Å². The topological polar surface area (TPSA) is 62.3 Å². The number of morpholine rings is 1. The van der Waals surface area contributed by atoms with Crippen LogP contribution in [0.4, 0.5) is 17.5 Å². The van der Waals surface area contributed by atoms with Gasteiger partial charge in [0.15, 0.2) is 0 Å². The summed E-state index contributed by atoms with van der Waals surface area (Å²) in [4.78, 5) is 15.2. The second-order valence-electron chi connectivity index (χ2n) is 9.22. The Kier molecular flexibility index (Phi) is 5.71. The van der Waals surface area contributed by atoms with Crippen molar-refractivity contribution in [3.63, 3.8) is 0 Å². The monoisotopic (exact) mass is 449 g/mol. The van der Waals surface area contributed by atoms with Crippen LogP contribution in [0.2, 0.25) is 0 Å². The van der Waals surface area contributed by atoms with Gasteiger partial charge in [-0.25, -0.2) is 4.98 Å². The third kappa shape index (κ3) is 4.09. The minimum atomic E-state index is 0.479. The lowest BCUT2D eigenvalue weighted by atomic mass is 9.90. The quantitative estimate of drug-likeness (QED) is 0.573. The minimum absolute atomic E-state index is 0.479. The maximum absolute atomic E-state index is 5.54. The molecule has 168 valence electrons. The van der Waals surface area contributed by atoms with E-state index in [0.29, 0.717) is 18.0 Å². The van der Waals surface area contributed by atoms with E-state index in [4.69, 9.17) is 14.7 Å². The molecule has 3 aliphatic rings. The first-order valence-electron chi connectivity index (χ1n) is 12.1. The number of ether oxygens (including phenoxy) is 1. The average Bonchev–Trinajstić information content (AvgIpc) is 3.42. The first kappa shape index (κ1) is 20.4. The van der Waals surface area contributed by atoms with Crippen LogP contribution in [-0.2, 0) is 17.6 Å². The van der Waals surface area contributed by atoms with E-state index in [1.807, 2.05) is 29.5 Å². The van der Waals surface area contributed by atoms with E-state index in [1.54, 1.807) is 0 Å². The van der Waals surface area contributed by atoms with Crippen molar-refractivity contribution in [1.82, 2.24) is 14.9 Å². The molecule has 0 unspecified atom stereocenters. The number of benzene rings is 1. The van der Waals surface area contributed by atoms with Crippen molar-refractivity contribution in [1.29, 1.82) is 0 Å². The Morgan fingerprint density at radius 3 is 2.59 bits per heavy atom. The number of aryl methyl sites for hydroxylation is 2. The molecule has 0 atom stereocenters. The zero-order chi connectivity index (χ0) is 21.3. The molecule has 3 heterocycles. The van der Waals surface area contributed by atoms with Gasteiger partial charge in [0.1, 0.15) is 10.6 Å². The SMILES string of the molecule is c1ccc(Nc2nc(N[C@H]3CC[C@H](N4CCOCC4)CC3)c3c4c(sc3n2)CCC4)cc1. The second-order valence-corrected chi connectivity index (χ2v) is 10.3. The minimum Gasteiger partial charge on any atom is -0.379 e. The Labute approximate surface area is 193 Å².